The van der Waals surface area contributed by atoms with E-state index in [-0.39, 0.29) is 12.5 Å². The minimum absolute atomic E-state index is 0.0148. The van der Waals surface area contributed by atoms with E-state index in [0.717, 1.165) is 17.5 Å². The Morgan fingerprint density at radius 3 is 2.19 bits per heavy atom. The molecule has 2 unspecified atom stereocenters. The van der Waals surface area contributed by atoms with E-state index >= 15 is 0 Å². The quantitative estimate of drug-likeness (QED) is 0.346. The monoisotopic (exact) mass is 536 g/mol. The van der Waals surface area contributed by atoms with Gasteiger partial charge in [0.25, 0.3) is 5.91 Å². The van der Waals surface area contributed by atoms with E-state index in [0.29, 0.717) is 33.6 Å². The molecule has 1 aliphatic heterocycles. The summed E-state index contributed by atoms with van der Waals surface area (Å²) >= 11 is 11.4. The third-order valence-corrected chi connectivity index (χ3v) is 7.37. The molecule has 2 aromatic carbocycles. The Kier molecular flexibility index (Phi) is 15.4. The molecule has 200 valence electrons. The van der Waals surface area contributed by atoms with Crippen LogP contribution in [0.4, 0.5) is 0 Å². The van der Waals surface area contributed by atoms with E-state index in [1.807, 2.05) is 18.2 Å². The predicted molar refractivity (Wildman–Crippen MR) is 151 cm³/mol. The second-order valence-corrected chi connectivity index (χ2v) is 10.1. The highest BCUT2D eigenvalue weighted by Gasteiger charge is 2.23. The van der Waals surface area contributed by atoms with Gasteiger partial charge in [0.2, 0.25) is 0 Å². The van der Waals surface area contributed by atoms with Gasteiger partial charge in [-0.05, 0) is 81.4 Å². The summed E-state index contributed by atoms with van der Waals surface area (Å²) in [5.41, 5.74) is 1.50. The maximum absolute atomic E-state index is 11.3. The molecule has 2 aromatic rings. The van der Waals surface area contributed by atoms with Crippen molar-refractivity contribution in [2.45, 2.75) is 71.8 Å². The molecule has 1 aliphatic rings. The van der Waals surface area contributed by atoms with Crippen LogP contribution in [0.1, 0.15) is 81.6 Å². The molecule has 1 heterocycles. The average molecular weight is 538 g/mol. The maximum Gasteiger partial charge on any atom is 0.251 e. The van der Waals surface area contributed by atoms with Crippen molar-refractivity contribution in [1.29, 1.82) is 0 Å². The third kappa shape index (κ3) is 10.9. The first-order valence-electron chi connectivity index (χ1n) is 12.8. The van der Waals surface area contributed by atoms with Crippen LogP contribution in [0.15, 0.2) is 42.5 Å². The van der Waals surface area contributed by atoms with Crippen LogP contribution < -0.4 is 5.32 Å². The molecule has 1 saturated heterocycles. The number of phenolic OH excluding ortho intramolecular Hbond substituents is 1. The summed E-state index contributed by atoms with van der Waals surface area (Å²) in [5, 5.41) is 12.8. The van der Waals surface area contributed by atoms with Crippen LogP contribution in [0.25, 0.3) is 0 Å². The van der Waals surface area contributed by atoms with E-state index in [2.05, 4.69) is 45.0 Å². The van der Waals surface area contributed by atoms with Gasteiger partial charge in [0.05, 0.1) is 16.6 Å². The van der Waals surface area contributed by atoms with Gasteiger partial charge in [-0.25, -0.2) is 0 Å². The van der Waals surface area contributed by atoms with Gasteiger partial charge in [0.1, 0.15) is 12.0 Å². The second kappa shape index (κ2) is 17.4. The Labute approximate surface area is 227 Å². The van der Waals surface area contributed by atoms with Crippen molar-refractivity contribution in [2.24, 2.45) is 5.92 Å². The summed E-state index contributed by atoms with van der Waals surface area (Å²) < 4.78 is 0. The van der Waals surface area contributed by atoms with Crippen LogP contribution in [0, 0.1) is 5.92 Å². The van der Waals surface area contributed by atoms with Crippen LogP contribution in [-0.2, 0) is 4.79 Å². The van der Waals surface area contributed by atoms with E-state index in [1.54, 1.807) is 6.07 Å². The molecule has 0 saturated carbocycles. The summed E-state index contributed by atoms with van der Waals surface area (Å²) in [4.78, 5) is 23.7. The molecule has 1 amide bonds. The molecule has 0 radical (unpaired) electrons. The SMILES string of the molecule is CC1CCN(C)C1C.CCCC(CCC)c1ccccc1O.O=CCNC(=O)c1ccc(Cl)c(Cl)c1. The zero-order valence-electron chi connectivity index (χ0n) is 22.3. The maximum atomic E-state index is 11.3. The van der Waals surface area contributed by atoms with Crippen LogP contribution in [-0.4, -0.2) is 48.4 Å². The molecule has 0 bridgehead atoms. The van der Waals surface area contributed by atoms with E-state index in [9.17, 15) is 14.7 Å². The summed E-state index contributed by atoms with van der Waals surface area (Å²) in [6.45, 7) is 10.3. The molecule has 7 heteroatoms. The zero-order chi connectivity index (χ0) is 27.1. The predicted octanol–water partition coefficient (Wildman–Crippen LogP) is 7.34. The fraction of sp³-hybridized carbons (Fsp3) is 0.517. The summed E-state index contributed by atoms with van der Waals surface area (Å²) in [6, 6.07) is 13.0. The topological polar surface area (TPSA) is 69.6 Å². The first kappa shape index (κ1) is 31.9. The van der Waals surface area contributed by atoms with Crippen molar-refractivity contribution in [3.8, 4) is 5.75 Å². The molecule has 1 fully saturated rings. The number of hydrogen-bond donors (Lipinski definition) is 2. The summed E-state index contributed by atoms with van der Waals surface area (Å²) in [7, 11) is 2.20. The highest BCUT2D eigenvalue weighted by molar-refractivity contribution is 6.42. The number of amides is 1. The Morgan fingerprint density at radius 1 is 1.11 bits per heavy atom. The highest BCUT2D eigenvalue weighted by Crippen LogP contribution is 2.32. The van der Waals surface area contributed by atoms with Gasteiger partial charge in [-0.2, -0.15) is 0 Å². The standard InChI is InChI=1S/C13H20O.C9H7Cl2NO2.C7H15N/c1-3-7-11(8-4-2)12-9-5-6-10-13(12)14;10-7-2-1-6(5-8(7)11)9(14)12-3-4-13;1-6-4-5-8(3)7(6)2/h5-6,9-11,14H,3-4,7-8H2,1-2H3;1-2,4-5H,3H2,(H,12,14);6-7H,4-5H2,1-3H3. The molecule has 0 aromatic heterocycles. The number of hydrogen-bond acceptors (Lipinski definition) is 4. The Morgan fingerprint density at radius 2 is 1.75 bits per heavy atom. The molecule has 0 spiro atoms. The van der Waals surface area contributed by atoms with Crippen molar-refractivity contribution in [1.82, 2.24) is 10.2 Å². The number of para-hydroxylation sites is 1. The lowest BCUT2D eigenvalue weighted by atomic mass is 9.90. The zero-order valence-corrected chi connectivity index (χ0v) is 23.8. The number of aromatic hydroxyl groups is 1. The number of benzene rings is 2. The van der Waals surface area contributed by atoms with Crippen molar-refractivity contribution < 1.29 is 14.7 Å². The molecule has 2 N–H and O–H groups in total. The normalized spacial score (nSPS) is 17.0. The molecule has 0 aliphatic carbocycles. The average Bonchev–Trinajstić information content (AvgIpc) is 3.16. The largest absolute Gasteiger partial charge is 0.508 e. The number of phenols is 1. The van der Waals surface area contributed by atoms with Gasteiger partial charge >= 0.3 is 0 Å². The van der Waals surface area contributed by atoms with Gasteiger partial charge in [0.15, 0.2) is 0 Å². The number of rotatable bonds is 8. The number of aldehydes is 1. The number of nitrogens with zero attached hydrogens (tertiary/aromatic N) is 1. The van der Waals surface area contributed by atoms with E-state index in [1.165, 1.54) is 56.8 Å². The Bertz CT molecular complexity index is 922. The highest BCUT2D eigenvalue weighted by atomic mass is 35.5. The molecule has 2 atom stereocenters. The van der Waals surface area contributed by atoms with Gasteiger partial charge < -0.3 is 20.1 Å². The lowest BCUT2D eigenvalue weighted by Gasteiger charge is -2.16. The molecule has 36 heavy (non-hydrogen) atoms. The number of carbonyl (C=O) groups is 2. The van der Waals surface area contributed by atoms with Gasteiger partial charge in [0, 0.05) is 11.6 Å². The number of carbonyl (C=O) groups excluding carboxylic acids is 2. The number of nitrogens with one attached hydrogen (secondary N) is 1. The van der Waals surface area contributed by atoms with Crippen LogP contribution in [0.3, 0.4) is 0 Å². The first-order chi connectivity index (χ1) is 17.2. The van der Waals surface area contributed by atoms with Crippen LogP contribution in [0.5, 0.6) is 5.75 Å². The summed E-state index contributed by atoms with van der Waals surface area (Å²) in [6.07, 6.45) is 6.70. The molecule has 5 nitrogen and oxygen atoms in total. The van der Waals surface area contributed by atoms with Crippen molar-refractivity contribution in [3.05, 3.63) is 63.6 Å². The van der Waals surface area contributed by atoms with Gasteiger partial charge in [-0.1, -0.05) is 75.0 Å². The molecular formula is C29H42Cl2N2O3. The Balaban J connectivity index is 0.000000281. The smallest absolute Gasteiger partial charge is 0.251 e. The molecule has 3 rings (SSSR count). The lowest BCUT2D eigenvalue weighted by Crippen LogP contribution is -2.24. The van der Waals surface area contributed by atoms with E-state index in [4.69, 9.17) is 23.2 Å². The lowest BCUT2D eigenvalue weighted by molar-refractivity contribution is -0.107. The van der Waals surface area contributed by atoms with E-state index < -0.39 is 0 Å². The number of likely N-dealkylation sites (tertiary alicyclic amines) is 1. The minimum Gasteiger partial charge on any atom is -0.508 e. The Hall–Kier alpha value is -2.08. The fourth-order valence-electron chi connectivity index (χ4n) is 4.15. The van der Waals surface area contributed by atoms with Gasteiger partial charge in [-0.15, -0.1) is 0 Å². The van der Waals surface area contributed by atoms with Gasteiger partial charge in [-0.3, -0.25) is 4.79 Å². The third-order valence-electron chi connectivity index (χ3n) is 6.63. The molecular weight excluding hydrogens is 495 g/mol. The summed E-state index contributed by atoms with van der Waals surface area (Å²) in [5.74, 6) is 1.56. The van der Waals surface area contributed by atoms with Crippen molar-refractivity contribution >= 4 is 35.4 Å². The van der Waals surface area contributed by atoms with Crippen molar-refractivity contribution in [2.75, 3.05) is 20.1 Å². The number of halogens is 2. The minimum atomic E-state index is -0.351. The first-order valence-corrected chi connectivity index (χ1v) is 13.6. The second-order valence-electron chi connectivity index (χ2n) is 9.33. The van der Waals surface area contributed by atoms with Crippen LogP contribution >= 0.6 is 23.2 Å². The fourth-order valence-corrected chi connectivity index (χ4v) is 4.44. The van der Waals surface area contributed by atoms with Crippen molar-refractivity contribution in [3.63, 3.8) is 0 Å². The van der Waals surface area contributed by atoms with Crippen LogP contribution in [0.2, 0.25) is 10.0 Å².